The minimum Gasteiger partial charge on any atom is -0.330 e. The molecule has 0 aliphatic carbocycles. The Morgan fingerprint density at radius 1 is 1.07 bits per heavy atom. The highest BCUT2D eigenvalue weighted by Gasteiger charge is 2.56. The second-order valence-electron chi connectivity index (χ2n) is 11.6. The number of nitrogens with one attached hydrogen (secondary N) is 1. The van der Waals surface area contributed by atoms with Crippen LogP contribution in [0.2, 0.25) is 0 Å². The number of nitriles is 1. The molecule has 1 spiro atoms. The Morgan fingerprint density at radius 2 is 1.77 bits per heavy atom. The number of carbonyl (C=O) groups excluding carboxylic acids is 3. The molecule has 0 unspecified atom stereocenters. The molecule has 3 aromatic rings. The van der Waals surface area contributed by atoms with E-state index in [2.05, 4.69) is 11.4 Å². The van der Waals surface area contributed by atoms with Gasteiger partial charge in [0.2, 0.25) is 11.8 Å². The number of likely N-dealkylation sites (tertiary alicyclic amines) is 1. The molecule has 2 aliphatic rings. The lowest BCUT2D eigenvalue weighted by atomic mass is 9.80. The zero-order valence-electron chi connectivity index (χ0n) is 24.0. The van der Waals surface area contributed by atoms with Crippen molar-refractivity contribution in [2.24, 2.45) is 5.92 Å². The fourth-order valence-electron chi connectivity index (χ4n) is 6.08. The molecule has 7 nitrogen and oxygen atoms in total. The van der Waals surface area contributed by atoms with Gasteiger partial charge >= 0.3 is 6.18 Å². The number of fused-ring (bicyclic) bond motifs is 2. The van der Waals surface area contributed by atoms with E-state index in [0.29, 0.717) is 23.2 Å². The van der Waals surface area contributed by atoms with Gasteiger partial charge in [-0.3, -0.25) is 14.4 Å². The van der Waals surface area contributed by atoms with Gasteiger partial charge in [0.1, 0.15) is 12.1 Å². The van der Waals surface area contributed by atoms with Gasteiger partial charge in [0, 0.05) is 31.3 Å². The van der Waals surface area contributed by atoms with Crippen LogP contribution in [-0.2, 0) is 21.2 Å². The Hall–Kier alpha value is -4.65. The van der Waals surface area contributed by atoms with Crippen molar-refractivity contribution in [2.75, 3.05) is 18.9 Å². The lowest BCUT2D eigenvalue weighted by Crippen LogP contribution is -2.52. The molecule has 0 aromatic heterocycles. The van der Waals surface area contributed by atoms with Crippen LogP contribution in [0.1, 0.15) is 48.2 Å². The number of hydrogen-bond acceptors (Lipinski definition) is 4. The summed E-state index contributed by atoms with van der Waals surface area (Å²) in [5.41, 5.74) is 0.925. The maximum absolute atomic E-state index is 14.1. The highest BCUT2D eigenvalue weighted by atomic mass is 19.4. The third-order valence-corrected chi connectivity index (χ3v) is 8.34. The second kappa shape index (κ2) is 11.2. The summed E-state index contributed by atoms with van der Waals surface area (Å²) in [7, 11) is 1.53. The number of anilines is 1. The van der Waals surface area contributed by atoms with E-state index in [0.717, 1.165) is 17.7 Å². The topological polar surface area (TPSA) is 93.5 Å². The van der Waals surface area contributed by atoms with Crippen molar-refractivity contribution in [1.29, 1.82) is 5.26 Å². The Kier molecular flexibility index (Phi) is 7.78. The summed E-state index contributed by atoms with van der Waals surface area (Å²) in [6.45, 7) is 3.88. The summed E-state index contributed by atoms with van der Waals surface area (Å²) in [6, 6.07) is 18.9. The Morgan fingerprint density at radius 3 is 2.42 bits per heavy atom. The molecule has 1 fully saturated rings. The van der Waals surface area contributed by atoms with E-state index in [1.807, 2.05) is 32.0 Å². The summed E-state index contributed by atoms with van der Waals surface area (Å²) < 4.78 is 39.1. The van der Waals surface area contributed by atoms with Crippen molar-refractivity contribution < 1.29 is 27.6 Å². The van der Waals surface area contributed by atoms with Crippen molar-refractivity contribution in [3.8, 4) is 17.2 Å². The van der Waals surface area contributed by atoms with Gasteiger partial charge < -0.3 is 15.1 Å². The van der Waals surface area contributed by atoms with Gasteiger partial charge in [-0.15, -0.1) is 0 Å². The summed E-state index contributed by atoms with van der Waals surface area (Å²) in [5.74, 6) is -1.09. The van der Waals surface area contributed by atoms with E-state index < -0.39 is 41.1 Å². The molecule has 0 bridgehead atoms. The van der Waals surface area contributed by atoms with Crippen LogP contribution in [0.4, 0.5) is 18.9 Å². The minimum absolute atomic E-state index is 0.0208. The summed E-state index contributed by atoms with van der Waals surface area (Å²) in [4.78, 5) is 43.9. The number of para-hydroxylation sites is 1. The van der Waals surface area contributed by atoms with E-state index in [1.165, 1.54) is 29.0 Å². The number of rotatable bonds is 6. The molecular formula is C33H31F3N4O3. The molecule has 0 saturated carbocycles. The normalized spacial score (nSPS) is 20.1. The van der Waals surface area contributed by atoms with Crippen molar-refractivity contribution >= 4 is 23.4 Å². The van der Waals surface area contributed by atoms with E-state index in [9.17, 15) is 32.8 Å². The maximum atomic E-state index is 14.1. The minimum atomic E-state index is -4.46. The standard InChI is InChI=1S/C33H31F3N4O3/c1-20(2)15-28(30(42)40-19-32(17-25(40)18-37)26-9-4-5-10-27(26)38-31(32)43)39(3)29(41)23-8-6-7-22(16-23)21-11-13-24(14-12-21)33(34,35)36/h4-14,16,20,25,28H,15,17,19H2,1-3H3,(H,38,43)/t25-,28-,32-/m0/s1. The SMILES string of the molecule is CC(C)C[C@@H](C(=O)N1C[C@]2(C[C@H]1C#N)C(=O)Nc1ccccc12)N(C)C(=O)c1cccc(-c2ccc(C(F)(F)F)cc2)c1. The van der Waals surface area contributed by atoms with Crippen LogP contribution in [0, 0.1) is 17.2 Å². The van der Waals surface area contributed by atoms with Gasteiger partial charge in [-0.1, -0.05) is 56.3 Å². The second-order valence-corrected chi connectivity index (χ2v) is 11.6. The van der Waals surface area contributed by atoms with Crippen LogP contribution >= 0.6 is 0 Å². The molecule has 3 atom stereocenters. The molecule has 3 amide bonds. The Bertz CT molecular complexity index is 1610. The van der Waals surface area contributed by atoms with Gasteiger partial charge in [0.15, 0.2) is 0 Å². The lowest BCUT2D eigenvalue weighted by Gasteiger charge is -2.33. The first-order valence-electron chi connectivity index (χ1n) is 14.0. The van der Waals surface area contributed by atoms with Gasteiger partial charge in [-0.25, -0.2) is 0 Å². The fourth-order valence-corrected chi connectivity index (χ4v) is 6.08. The van der Waals surface area contributed by atoms with E-state index >= 15 is 0 Å². The van der Waals surface area contributed by atoms with Crippen molar-refractivity contribution in [2.45, 2.75) is 50.4 Å². The Labute approximate surface area is 247 Å². The average molecular weight is 589 g/mol. The number of carbonyl (C=O) groups is 3. The van der Waals surface area contributed by atoms with Gasteiger partial charge in [-0.2, -0.15) is 18.4 Å². The monoisotopic (exact) mass is 588 g/mol. The predicted molar refractivity (Wildman–Crippen MR) is 155 cm³/mol. The molecule has 0 radical (unpaired) electrons. The first-order chi connectivity index (χ1) is 20.4. The number of halogens is 3. The molecule has 1 saturated heterocycles. The highest BCUT2D eigenvalue weighted by Crippen LogP contribution is 2.46. The molecule has 1 N–H and O–H groups in total. The number of benzene rings is 3. The summed E-state index contributed by atoms with van der Waals surface area (Å²) in [6.07, 6.45) is -3.98. The fraction of sp³-hybridized carbons (Fsp3) is 0.333. The zero-order valence-corrected chi connectivity index (χ0v) is 24.0. The number of likely N-dealkylation sites (N-methyl/N-ethyl adjacent to an activating group) is 1. The smallest absolute Gasteiger partial charge is 0.330 e. The largest absolute Gasteiger partial charge is 0.416 e. The van der Waals surface area contributed by atoms with E-state index in [4.69, 9.17) is 0 Å². The quantitative estimate of drug-likeness (QED) is 0.390. The zero-order chi connectivity index (χ0) is 31.1. The van der Waals surface area contributed by atoms with Gasteiger partial charge in [0.05, 0.1) is 17.0 Å². The van der Waals surface area contributed by atoms with Crippen molar-refractivity contribution in [1.82, 2.24) is 9.80 Å². The molecule has 10 heteroatoms. The third-order valence-electron chi connectivity index (χ3n) is 8.34. The molecule has 2 heterocycles. The van der Waals surface area contributed by atoms with Gasteiger partial charge in [-0.05, 0) is 59.4 Å². The van der Waals surface area contributed by atoms with E-state index in [1.54, 1.807) is 30.3 Å². The molecule has 5 rings (SSSR count). The first-order valence-corrected chi connectivity index (χ1v) is 14.0. The van der Waals surface area contributed by atoms with Crippen LogP contribution in [0.25, 0.3) is 11.1 Å². The van der Waals surface area contributed by atoms with Crippen LogP contribution in [0.5, 0.6) is 0 Å². The van der Waals surface area contributed by atoms with Crippen molar-refractivity contribution in [3.63, 3.8) is 0 Å². The maximum Gasteiger partial charge on any atom is 0.416 e. The van der Waals surface area contributed by atoms with E-state index in [-0.39, 0.29) is 30.4 Å². The first kappa shape index (κ1) is 29.8. The average Bonchev–Trinajstić information content (AvgIpc) is 3.52. The number of nitrogens with zero attached hydrogens (tertiary/aromatic N) is 3. The molecule has 43 heavy (non-hydrogen) atoms. The Balaban J connectivity index is 1.42. The summed E-state index contributed by atoms with van der Waals surface area (Å²) >= 11 is 0. The number of amides is 3. The highest BCUT2D eigenvalue weighted by molar-refractivity contribution is 6.07. The van der Waals surface area contributed by atoms with Gasteiger partial charge in [0.25, 0.3) is 5.91 Å². The van der Waals surface area contributed by atoms with Crippen LogP contribution < -0.4 is 5.32 Å². The third kappa shape index (κ3) is 5.47. The van der Waals surface area contributed by atoms with Crippen LogP contribution in [-0.4, -0.2) is 53.2 Å². The molecule has 222 valence electrons. The van der Waals surface area contributed by atoms with Crippen LogP contribution in [0.3, 0.4) is 0 Å². The molecule has 2 aliphatic heterocycles. The molecule has 3 aromatic carbocycles. The number of alkyl halides is 3. The predicted octanol–water partition coefficient (Wildman–Crippen LogP) is 5.87. The summed E-state index contributed by atoms with van der Waals surface area (Å²) in [5, 5.41) is 12.9. The number of hydrogen-bond donors (Lipinski definition) is 1. The lowest BCUT2D eigenvalue weighted by molar-refractivity contribution is -0.138. The molecular weight excluding hydrogens is 557 g/mol. The van der Waals surface area contributed by atoms with Crippen molar-refractivity contribution in [3.05, 3.63) is 89.5 Å². The van der Waals surface area contributed by atoms with Crippen LogP contribution in [0.15, 0.2) is 72.8 Å².